The molecule has 0 bridgehead atoms. The number of hydrogen-bond donors (Lipinski definition) is 1. The van der Waals surface area contributed by atoms with Crippen LogP contribution >= 0.6 is 23.1 Å². The first-order valence-electron chi connectivity index (χ1n) is 11.7. The molecule has 38 heavy (non-hydrogen) atoms. The predicted octanol–water partition coefficient (Wildman–Crippen LogP) is 4.86. The summed E-state index contributed by atoms with van der Waals surface area (Å²) < 4.78 is 90.5. The number of aromatic nitrogens is 3. The summed E-state index contributed by atoms with van der Waals surface area (Å²) in [6, 6.07) is 0.863. The summed E-state index contributed by atoms with van der Waals surface area (Å²) >= 11 is 1.15. The fraction of sp³-hybridized carbons (Fsp3) is 0.522. The average Bonchev–Trinajstić information content (AvgIpc) is 3.23. The largest absolute Gasteiger partial charge is 0.427 e. The SMILES string of the molecule is CO[C@@H]1CSc2c(-c3ncc(C(F)(F)F)s3)c(C(F)(F)F)cc3c(N4C[C@@H](C)N[C@@H](C)C4)nc(=O)n(c23)C1. The van der Waals surface area contributed by atoms with Crippen molar-refractivity contribution in [2.75, 3.05) is 30.9 Å². The van der Waals surface area contributed by atoms with Crippen LogP contribution in [0.25, 0.3) is 21.5 Å². The highest BCUT2D eigenvalue weighted by atomic mass is 32.2. The molecule has 1 saturated heterocycles. The lowest BCUT2D eigenvalue weighted by Gasteiger charge is -2.37. The van der Waals surface area contributed by atoms with Crippen molar-refractivity contribution in [3.63, 3.8) is 0 Å². The van der Waals surface area contributed by atoms with E-state index in [2.05, 4.69) is 15.3 Å². The molecule has 15 heteroatoms. The van der Waals surface area contributed by atoms with Crippen molar-refractivity contribution in [1.29, 1.82) is 0 Å². The van der Waals surface area contributed by atoms with Crippen LogP contribution in [0.4, 0.5) is 32.2 Å². The van der Waals surface area contributed by atoms with Gasteiger partial charge < -0.3 is 15.0 Å². The Hall–Kier alpha value is -2.36. The lowest BCUT2D eigenvalue weighted by atomic mass is 10.0. The second kappa shape index (κ2) is 9.68. The maximum absolute atomic E-state index is 14.6. The van der Waals surface area contributed by atoms with Crippen molar-refractivity contribution < 1.29 is 31.1 Å². The first-order chi connectivity index (χ1) is 17.8. The van der Waals surface area contributed by atoms with Crippen LogP contribution in [0, 0.1) is 0 Å². The van der Waals surface area contributed by atoms with Crippen LogP contribution in [0.5, 0.6) is 0 Å². The van der Waals surface area contributed by atoms with E-state index in [-0.39, 0.29) is 57.3 Å². The van der Waals surface area contributed by atoms with Gasteiger partial charge in [-0.3, -0.25) is 4.57 Å². The molecule has 4 heterocycles. The molecule has 0 radical (unpaired) electrons. The standard InChI is InChI=1S/C23H23F6N5O2S2/c1-10-6-33(7-11(2)31-10)19-13-4-14(22(24,25)26)16(20-30-5-15(38-20)23(27,28)29)18-17(13)34(21(35)32-19)8-12(36-3)9-37-18/h4-5,10-12,31H,6-9H2,1-3H3/t10-,11+,12-/m0/s1. The summed E-state index contributed by atoms with van der Waals surface area (Å²) in [4.78, 5) is 22.0. The number of rotatable bonds is 3. The molecule has 3 atom stereocenters. The van der Waals surface area contributed by atoms with Gasteiger partial charge in [-0.05, 0) is 19.9 Å². The molecule has 0 saturated carbocycles. The number of nitrogens with zero attached hydrogens (tertiary/aromatic N) is 4. The van der Waals surface area contributed by atoms with Crippen LogP contribution in [0.15, 0.2) is 22.0 Å². The van der Waals surface area contributed by atoms with Crippen LogP contribution in [0.3, 0.4) is 0 Å². The van der Waals surface area contributed by atoms with Gasteiger partial charge in [0, 0.05) is 53.9 Å². The number of piperazine rings is 1. The van der Waals surface area contributed by atoms with Gasteiger partial charge in [0.1, 0.15) is 15.7 Å². The molecule has 2 aliphatic heterocycles. The van der Waals surface area contributed by atoms with E-state index in [0.717, 1.165) is 17.8 Å². The topological polar surface area (TPSA) is 72.3 Å². The Labute approximate surface area is 221 Å². The summed E-state index contributed by atoms with van der Waals surface area (Å²) in [5.41, 5.74) is -2.08. The van der Waals surface area contributed by atoms with Gasteiger partial charge in [0.15, 0.2) is 0 Å². The Balaban J connectivity index is 1.87. The highest BCUT2D eigenvalue weighted by molar-refractivity contribution is 7.99. The van der Waals surface area contributed by atoms with E-state index in [9.17, 15) is 31.1 Å². The van der Waals surface area contributed by atoms with Gasteiger partial charge in [-0.1, -0.05) is 0 Å². The predicted molar refractivity (Wildman–Crippen MR) is 133 cm³/mol. The van der Waals surface area contributed by atoms with E-state index in [0.29, 0.717) is 19.3 Å². The van der Waals surface area contributed by atoms with Gasteiger partial charge >= 0.3 is 18.0 Å². The van der Waals surface area contributed by atoms with E-state index in [1.165, 1.54) is 11.7 Å². The van der Waals surface area contributed by atoms with Gasteiger partial charge in [0.05, 0.1) is 29.9 Å². The molecule has 1 aromatic carbocycles. The normalized spacial score (nSPS) is 22.7. The molecular weight excluding hydrogens is 556 g/mol. The van der Waals surface area contributed by atoms with E-state index >= 15 is 0 Å². The Morgan fingerprint density at radius 3 is 2.34 bits per heavy atom. The van der Waals surface area contributed by atoms with Gasteiger partial charge in [-0.2, -0.15) is 31.3 Å². The lowest BCUT2D eigenvalue weighted by Crippen LogP contribution is -2.55. The van der Waals surface area contributed by atoms with E-state index in [4.69, 9.17) is 4.74 Å². The lowest BCUT2D eigenvalue weighted by molar-refractivity contribution is -0.137. The van der Waals surface area contributed by atoms with Crippen LogP contribution in [-0.2, 0) is 23.6 Å². The van der Waals surface area contributed by atoms with Crippen LogP contribution in [0.1, 0.15) is 24.3 Å². The number of nitrogens with one attached hydrogen (secondary N) is 1. The number of anilines is 1. The van der Waals surface area contributed by atoms with Gasteiger partial charge in [0.2, 0.25) is 0 Å². The molecule has 206 valence electrons. The number of hydrogen-bond acceptors (Lipinski definition) is 8. The van der Waals surface area contributed by atoms with Crippen molar-refractivity contribution >= 4 is 39.8 Å². The van der Waals surface area contributed by atoms with E-state index < -0.39 is 45.2 Å². The van der Waals surface area contributed by atoms with E-state index in [1.807, 2.05) is 13.8 Å². The summed E-state index contributed by atoms with van der Waals surface area (Å²) in [5, 5.41) is 3.02. The number of thiazole rings is 1. The first-order valence-corrected chi connectivity index (χ1v) is 13.5. The molecule has 5 rings (SSSR count). The molecule has 7 nitrogen and oxygen atoms in total. The summed E-state index contributed by atoms with van der Waals surface area (Å²) in [6.45, 7) is 4.69. The molecule has 1 N–H and O–H groups in total. The van der Waals surface area contributed by atoms with Crippen LogP contribution in [-0.4, -0.2) is 58.7 Å². The fourth-order valence-electron chi connectivity index (χ4n) is 4.98. The first kappa shape index (κ1) is 27.2. The maximum Gasteiger partial charge on any atom is 0.427 e. The number of thioether (sulfide) groups is 1. The quantitative estimate of drug-likeness (QED) is 0.445. The van der Waals surface area contributed by atoms with Crippen LogP contribution in [0.2, 0.25) is 0 Å². The third-order valence-corrected chi connectivity index (χ3v) is 8.78. The Morgan fingerprint density at radius 1 is 1.08 bits per heavy atom. The zero-order chi connectivity index (χ0) is 27.6. The minimum Gasteiger partial charge on any atom is -0.379 e. The maximum atomic E-state index is 14.6. The van der Waals surface area contributed by atoms with Gasteiger partial charge in [-0.25, -0.2) is 9.78 Å². The molecule has 0 aliphatic carbocycles. The van der Waals surface area contributed by atoms with Crippen LogP contribution < -0.4 is 15.9 Å². The van der Waals surface area contributed by atoms with Crippen molar-refractivity contribution in [2.24, 2.45) is 0 Å². The average molecular weight is 580 g/mol. The Kier molecular flexibility index (Phi) is 6.93. The molecule has 0 amide bonds. The number of ether oxygens (including phenoxy) is 1. The molecule has 1 fully saturated rings. The summed E-state index contributed by atoms with van der Waals surface area (Å²) in [7, 11) is 1.42. The second-order valence-corrected chi connectivity index (χ2v) is 11.5. The second-order valence-electron chi connectivity index (χ2n) is 9.42. The number of halogens is 6. The number of benzene rings is 1. The van der Waals surface area contributed by atoms with Crippen molar-refractivity contribution in [1.82, 2.24) is 19.9 Å². The Morgan fingerprint density at radius 2 is 1.76 bits per heavy atom. The Bertz CT molecular complexity index is 1430. The van der Waals surface area contributed by atoms with E-state index in [1.54, 1.807) is 4.90 Å². The highest BCUT2D eigenvalue weighted by Gasteiger charge is 2.41. The number of alkyl halides is 6. The fourth-order valence-corrected chi connectivity index (χ4v) is 7.19. The third-order valence-electron chi connectivity index (χ3n) is 6.49. The molecule has 3 aromatic rings. The smallest absolute Gasteiger partial charge is 0.379 e. The summed E-state index contributed by atoms with van der Waals surface area (Å²) in [6.07, 6.45) is -9.68. The molecule has 2 aliphatic rings. The molecule has 0 spiro atoms. The van der Waals surface area contributed by atoms with Crippen molar-refractivity contribution in [3.05, 3.63) is 33.2 Å². The number of methoxy groups -OCH3 is 1. The zero-order valence-corrected chi connectivity index (χ0v) is 22.0. The molecular formula is C23H23F6N5O2S2. The zero-order valence-electron chi connectivity index (χ0n) is 20.4. The monoisotopic (exact) mass is 579 g/mol. The minimum absolute atomic E-state index is 0.0158. The molecule has 0 unspecified atom stereocenters. The van der Waals surface area contributed by atoms with Crippen molar-refractivity contribution in [3.8, 4) is 10.6 Å². The third kappa shape index (κ3) is 4.89. The highest BCUT2D eigenvalue weighted by Crippen LogP contribution is 2.50. The van der Waals surface area contributed by atoms with Gasteiger partial charge in [0.25, 0.3) is 0 Å². The van der Waals surface area contributed by atoms with Gasteiger partial charge in [-0.15, -0.1) is 23.1 Å². The minimum atomic E-state index is -4.92. The van der Waals surface area contributed by atoms with Crippen molar-refractivity contribution in [2.45, 2.75) is 55.8 Å². The molecule has 2 aromatic heterocycles. The summed E-state index contributed by atoms with van der Waals surface area (Å²) in [5.74, 6) is 0.293.